The third kappa shape index (κ3) is 4.15. The van der Waals surface area contributed by atoms with E-state index in [1.807, 2.05) is 48.7 Å². The molecule has 0 saturated carbocycles. The van der Waals surface area contributed by atoms with E-state index in [0.29, 0.717) is 5.56 Å². The molecule has 0 fully saturated rings. The SMILES string of the molecule is C/C(=N\N(C(=O)c1cccc(Br)c1)[Si](C)(C)C)c1cccs1. The zero-order valence-corrected chi connectivity index (χ0v) is 16.5. The summed E-state index contributed by atoms with van der Waals surface area (Å²) < 4.78 is 2.59. The van der Waals surface area contributed by atoms with Crippen molar-refractivity contribution in [3.05, 3.63) is 56.7 Å². The third-order valence-corrected chi connectivity index (χ3v) is 6.07. The lowest BCUT2D eigenvalue weighted by Crippen LogP contribution is -2.46. The van der Waals surface area contributed by atoms with Gasteiger partial charge in [-0.05, 0) is 56.2 Å². The van der Waals surface area contributed by atoms with E-state index < -0.39 is 8.24 Å². The van der Waals surface area contributed by atoms with Gasteiger partial charge in [-0.25, -0.2) is 0 Å². The number of hydrazone groups is 1. The largest absolute Gasteiger partial charge is 0.268 e. The van der Waals surface area contributed by atoms with Crippen LogP contribution in [-0.2, 0) is 0 Å². The maximum atomic E-state index is 12.9. The molecule has 1 aromatic heterocycles. The van der Waals surface area contributed by atoms with Crippen molar-refractivity contribution in [3.63, 3.8) is 0 Å². The molecule has 3 nitrogen and oxygen atoms in total. The second-order valence-electron chi connectivity index (χ2n) is 5.96. The van der Waals surface area contributed by atoms with Crippen LogP contribution in [0.3, 0.4) is 0 Å². The molecule has 0 aliphatic carbocycles. The van der Waals surface area contributed by atoms with Crippen LogP contribution in [0.15, 0.2) is 51.4 Å². The van der Waals surface area contributed by atoms with Crippen molar-refractivity contribution in [1.82, 2.24) is 4.67 Å². The number of halogens is 1. The van der Waals surface area contributed by atoms with Gasteiger partial charge in [0.1, 0.15) is 0 Å². The van der Waals surface area contributed by atoms with E-state index >= 15 is 0 Å². The molecule has 0 bridgehead atoms. The predicted octanol–water partition coefficient (Wildman–Crippen LogP) is 5.21. The van der Waals surface area contributed by atoms with Gasteiger partial charge in [0.2, 0.25) is 0 Å². The van der Waals surface area contributed by atoms with E-state index in [9.17, 15) is 4.79 Å². The highest BCUT2D eigenvalue weighted by molar-refractivity contribution is 9.10. The Balaban J connectivity index is 2.39. The Morgan fingerprint density at radius 2 is 1.95 bits per heavy atom. The molecule has 1 heterocycles. The number of rotatable bonds is 4. The van der Waals surface area contributed by atoms with Crippen LogP contribution in [0, 0.1) is 0 Å². The number of carbonyl (C=O) groups excluding carboxylic acids is 1. The molecule has 1 aromatic carbocycles. The zero-order valence-electron chi connectivity index (χ0n) is 13.1. The normalized spacial score (nSPS) is 12.3. The first-order valence-electron chi connectivity index (χ1n) is 6.98. The summed E-state index contributed by atoms with van der Waals surface area (Å²) in [5.74, 6) is -0.0450. The first kappa shape index (κ1) is 17.1. The summed E-state index contributed by atoms with van der Waals surface area (Å²) in [7, 11) is -1.94. The average molecular weight is 395 g/mol. The highest BCUT2D eigenvalue weighted by Crippen LogP contribution is 2.20. The molecule has 0 aliphatic rings. The summed E-state index contributed by atoms with van der Waals surface area (Å²) in [6, 6.07) is 11.5. The molecule has 116 valence electrons. The molecule has 0 spiro atoms. The summed E-state index contributed by atoms with van der Waals surface area (Å²) in [6.45, 7) is 8.31. The van der Waals surface area contributed by atoms with Crippen LogP contribution >= 0.6 is 27.3 Å². The second-order valence-corrected chi connectivity index (χ2v) is 12.6. The van der Waals surface area contributed by atoms with Gasteiger partial charge in [-0.15, -0.1) is 11.3 Å². The molecule has 1 amide bonds. The van der Waals surface area contributed by atoms with Crippen molar-refractivity contribution in [2.24, 2.45) is 5.10 Å². The van der Waals surface area contributed by atoms with Gasteiger partial charge in [-0.1, -0.05) is 28.1 Å². The van der Waals surface area contributed by atoms with Crippen LogP contribution < -0.4 is 0 Å². The minimum absolute atomic E-state index is 0.0450. The predicted molar refractivity (Wildman–Crippen MR) is 100 cm³/mol. The van der Waals surface area contributed by atoms with E-state index in [-0.39, 0.29) is 5.91 Å². The summed E-state index contributed by atoms with van der Waals surface area (Å²) in [5.41, 5.74) is 1.53. The van der Waals surface area contributed by atoms with E-state index in [1.165, 1.54) is 0 Å². The van der Waals surface area contributed by atoms with Crippen LogP contribution in [0.5, 0.6) is 0 Å². The molecule has 0 saturated heterocycles. The number of carbonyl (C=O) groups is 1. The maximum absolute atomic E-state index is 12.9. The minimum Gasteiger partial charge on any atom is -0.268 e. The van der Waals surface area contributed by atoms with Crippen molar-refractivity contribution in [2.75, 3.05) is 0 Å². The first-order valence-corrected chi connectivity index (χ1v) is 12.1. The summed E-state index contributed by atoms with van der Waals surface area (Å²) in [4.78, 5) is 14.0. The highest BCUT2D eigenvalue weighted by Gasteiger charge is 2.30. The molecule has 2 rings (SSSR count). The van der Waals surface area contributed by atoms with Crippen LogP contribution in [0.2, 0.25) is 19.6 Å². The van der Waals surface area contributed by atoms with Gasteiger partial charge < -0.3 is 0 Å². The lowest BCUT2D eigenvalue weighted by atomic mass is 10.2. The monoisotopic (exact) mass is 394 g/mol. The quantitative estimate of drug-likeness (QED) is 0.397. The Morgan fingerprint density at radius 1 is 1.23 bits per heavy atom. The number of nitrogens with zero attached hydrogens (tertiary/aromatic N) is 2. The highest BCUT2D eigenvalue weighted by atomic mass is 79.9. The van der Waals surface area contributed by atoms with Gasteiger partial charge in [0, 0.05) is 14.9 Å². The number of hydrogen-bond donors (Lipinski definition) is 0. The molecule has 6 heteroatoms. The fourth-order valence-electron chi connectivity index (χ4n) is 1.93. The van der Waals surface area contributed by atoms with Gasteiger partial charge >= 0.3 is 0 Å². The lowest BCUT2D eigenvalue weighted by Gasteiger charge is -2.30. The van der Waals surface area contributed by atoms with Crippen molar-refractivity contribution in [3.8, 4) is 0 Å². The van der Waals surface area contributed by atoms with Crippen LogP contribution in [0.25, 0.3) is 0 Å². The smallest absolute Gasteiger partial charge is 0.265 e. The Hall–Kier alpha value is -1.24. The second kappa shape index (κ2) is 6.89. The van der Waals surface area contributed by atoms with Crippen molar-refractivity contribution < 1.29 is 4.79 Å². The summed E-state index contributed by atoms with van der Waals surface area (Å²) in [6.07, 6.45) is 0. The van der Waals surface area contributed by atoms with Gasteiger partial charge in [0.05, 0.1) is 5.71 Å². The van der Waals surface area contributed by atoms with E-state index in [0.717, 1.165) is 15.1 Å². The van der Waals surface area contributed by atoms with E-state index in [4.69, 9.17) is 0 Å². The fraction of sp³-hybridized carbons (Fsp3) is 0.250. The topological polar surface area (TPSA) is 32.7 Å². The molecule has 0 radical (unpaired) electrons. The average Bonchev–Trinajstić information content (AvgIpc) is 2.96. The fourth-order valence-corrected chi connectivity index (χ4v) is 4.19. The number of amides is 1. The van der Waals surface area contributed by atoms with Gasteiger partial charge in [0.15, 0.2) is 8.24 Å². The Bertz CT molecular complexity index is 692. The summed E-state index contributed by atoms with van der Waals surface area (Å²) in [5, 5.41) is 6.67. The van der Waals surface area contributed by atoms with Crippen LogP contribution in [-0.4, -0.2) is 24.5 Å². The summed E-state index contributed by atoms with van der Waals surface area (Å²) >= 11 is 5.05. The van der Waals surface area contributed by atoms with E-state index in [1.54, 1.807) is 16.0 Å². The molecule has 0 aliphatic heterocycles. The minimum atomic E-state index is -1.94. The van der Waals surface area contributed by atoms with Gasteiger partial charge in [0.25, 0.3) is 5.91 Å². The zero-order chi connectivity index (χ0) is 16.3. The molecule has 22 heavy (non-hydrogen) atoms. The standard InChI is InChI=1S/C16H19BrN2OSSi/c1-12(15-9-6-10-21-15)18-19(22(2,3)4)16(20)13-7-5-8-14(17)11-13/h5-11H,1-4H3/b18-12+. The van der Waals surface area contributed by atoms with Crippen LogP contribution in [0.1, 0.15) is 22.2 Å². The Labute approximate surface area is 144 Å². The van der Waals surface area contributed by atoms with Gasteiger partial charge in [-0.2, -0.15) is 5.10 Å². The van der Waals surface area contributed by atoms with Crippen LogP contribution in [0.4, 0.5) is 0 Å². The maximum Gasteiger partial charge on any atom is 0.265 e. The molecule has 2 aromatic rings. The molecule has 0 N–H and O–H groups in total. The first-order chi connectivity index (χ1) is 10.3. The Kier molecular flexibility index (Phi) is 5.36. The third-order valence-electron chi connectivity index (χ3n) is 3.03. The van der Waals surface area contributed by atoms with Crippen molar-refractivity contribution >= 4 is 47.1 Å². The van der Waals surface area contributed by atoms with Crippen molar-refractivity contribution in [2.45, 2.75) is 26.6 Å². The Morgan fingerprint density at radius 3 is 2.50 bits per heavy atom. The van der Waals surface area contributed by atoms with E-state index in [2.05, 4.69) is 40.7 Å². The number of thiophene rings is 1. The lowest BCUT2D eigenvalue weighted by molar-refractivity contribution is 0.0853. The number of benzene rings is 1. The molecular weight excluding hydrogens is 376 g/mol. The molecule has 0 atom stereocenters. The van der Waals surface area contributed by atoms with Gasteiger partial charge in [-0.3, -0.25) is 9.47 Å². The molecular formula is C16H19BrN2OSSi. The molecule has 0 unspecified atom stereocenters. The number of hydrogen-bond acceptors (Lipinski definition) is 3. The van der Waals surface area contributed by atoms with Crippen molar-refractivity contribution in [1.29, 1.82) is 0 Å².